The number of hydrogen-bond acceptors (Lipinski definition) is 5. The fourth-order valence-corrected chi connectivity index (χ4v) is 2.72. The second-order valence-corrected chi connectivity index (χ2v) is 5.67. The zero-order valence-corrected chi connectivity index (χ0v) is 12.5. The molecule has 1 aromatic rings. The van der Waals surface area contributed by atoms with Gasteiger partial charge < -0.3 is 25.0 Å². The smallest absolute Gasteiger partial charge is 0.123 e. The van der Waals surface area contributed by atoms with E-state index in [0.29, 0.717) is 12.3 Å². The van der Waals surface area contributed by atoms with E-state index in [1.807, 2.05) is 18.2 Å². The lowest BCUT2D eigenvalue weighted by atomic mass is 9.99. The Hall–Kier alpha value is -1.30. The number of aliphatic hydroxyl groups is 2. The van der Waals surface area contributed by atoms with Crippen LogP contribution in [0.3, 0.4) is 0 Å². The van der Waals surface area contributed by atoms with E-state index < -0.39 is 6.10 Å². The zero-order chi connectivity index (χ0) is 15.1. The Balaban J connectivity index is 1.75. The molecule has 0 spiro atoms. The average Bonchev–Trinajstić information content (AvgIpc) is 3.00. The molecule has 0 aromatic heterocycles. The van der Waals surface area contributed by atoms with Gasteiger partial charge in [0.05, 0.1) is 13.7 Å². The summed E-state index contributed by atoms with van der Waals surface area (Å²) in [5.74, 6) is 1.40. The predicted octanol–water partition coefficient (Wildman–Crippen LogP) is 1.33. The molecule has 1 aliphatic carbocycles. The Morgan fingerprint density at radius 3 is 2.67 bits per heavy atom. The van der Waals surface area contributed by atoms with Crippen LogP contribution in [0.1, 0.15) is 25.7 Å². The van der Waals surface area contributed by atoms with Crippen molar-refractivity contribution in [1.82, 2.24) is 5.32 Å². The third kappa shape index (κ3) is 4.59. The standard InChI is InChI=1S/C16H25NO4/c1-20-14-5-4-6-15(9-14)21-11-13(19)10-17-16(12-18)7-2-3-8-16/h4-6,9,13,17-19H,2-3,7-8,10-12H2,1H3. The third-order valence-electron chi connectivity index (χ3n) is 4.06. The molecular formula is C16H25NO4. The Bertz CT molecular complexity index is 432. The van der Waals surface area contributed by atoms with Gasteiger partial charge in [-0.3, -0.25) is 0 Å². The number of aliphatic hydroxyl groups excluding tert-OH is 2. The summed E-state index contributed by atoms with van der Waals surface area (Å²) in [4.78, 5) is 0. The van der Waals surface area contributed by atoms with Crippen LogP contribution >= 0.6 is 0 Å². The molecule has 0 aliphatic heterocycles. The maximum absolute atomic E-state index is 10.0. The highest BCUT2D eigenvalue weighted by molar-refractivity contribution is 5.32. The number of methoxy groups -OCH3 is 1. The quantitative estimate of drug-likeness (QED) is 0.675. The molecule has 5 nitrogen and oxygen atoms in total. The Morgan fingerprint density at radius 2 is 2.00 bits per heavy atom. The van der Waals surface area contributed by atoms with Gasteiger partial charge in [0.15, 0.2) is 0 Å². The lowest BCUT2D eigenvalue weighted by Crippen LogP contribution is -2.49. The SMILES string of the molecule is COc1cccc(OCC(O)CNC2(CO)CCCC2)c1. The predicted molar refractivity (Wildman–Crippen MR) is 80.8 cm³/mol. The molecule has 1 atom stereocenters. The van der Waals surface area contributed by atoms with E-state index in [2.05, 4.69) is 5.32 Å². The highest BCUT2D eigenvalue weighted by Crippen LogP contribution is 2.29. The van der Waals surface area contributed by atoms with Crippen LogP contribution in [0.4, 0.5) is 0 Å². The van der Waals surface area contributed by atoms with Gasteiger partial charge >= 0.3 is 0 Å². The molecule has 3 N–H and O–H groups in total. The zero-order valence-electron chi connectivity index (χ0n) is 12.5. The Morgan fingerprint density at radius 1 is 1.29 bits per heavy atom. The number of benzene rings is 1. The fourth-order valence-electron chi connectivity index (χ4n) is 2.72. The summed E-state index contributed by atoms with van der Waals surface area (Å²) in [5, 5.41) is 22.8. The lowest BCUT2D eigenvalue weighted by Gasteiger charge is -2.29. The summed E-state index contributed by atoms with van der Waals surface area (Å²) in [5.41, 5.74) is -0.211. The van der Waals surface area contributed by atoms with Crippen molar-refractivity contribution in [2.45, 2.75) is 37.3 Å². The van der Waals surface area contributed by atoms with Crippen LogP contribution < -0.4 is 14.8 Å². The van der Waals surface area contributed by atoms with Crippen LogP contribution in [-0.2, 0) is 0 Å². The van der Waals surface area contributed by atoms with Crippen LogP contribution in [-0.4, -0.2) is 48.7 Å². The van der Waals surface area contributed by atoms with Crippen LogP contribution in [0.2, 0.25) is 0 Å². The monoisotopic (exact) mass is 295 g/mol. The molecule has 5 heteroatoms. The fraction of sp³-hybridized carbons (Fsp3) is 0.625. The minimum Gasteiger partial charge on any atom is -0.497 e. The van der Waals surface area contributed by atoms with Gasteiger partial charge in [0, 0.05) is 18.2 Å². The number of rotatable bonds is 8. The van der Waals surface area contributed by atoms with E-state index in [4.69, 9.17) is 9.47 Å². The first-order valence-electron chi connectivity index (χ1n) is 7.48. The molecule has 0 radical (unpaired) electrons. The van der Waals surface area contributed by atoms with Gasteiger partial charge in [0.1, 0.15) is 24.2 Å². The first kappa shape index (κ1) is 16.1. The van der Waals surface area contributed by atoms with Crippen LogP contribution in [0, 0.1) is 0 Å². The maximum Gasteiger partial charge on any atom is 0.123 e. The second-order valence-electron chi connectivity index (χ2n) is 5.67. The highest BCUT2D eigenvalue weighted by Gasteiger charge is 2.32. The van der Waals surface area contributed by atoms with E-state index in [-0.39, 0.29) is 18.8 Å². The first-order chi connectivity index (χ1) is 10.2. The van der Waals surface area contributed by atoms with Gasteiger partial charge in [-0.1, -0.05) is 18.9 Å². The summed E-state index contributed by atoms with van der Waals surface area (Å²) in [6, 6.07) is 7.30. The van der Waals surface area contributed by atoms with E-state index in [1.54, 1.807) is 13.2 Å². The largest absolute Gasteiger partial charge is 0.497 e. The molecule has 2 rings (SSSR count). The third-order valence-corrected chi connectivity index (χ3v) is 4.06. The summed E-state index contributed by atoms with van der Waals surface area (Å²) >= 11 is 0. The number of β-amino-alcohol motifs (C(OH)–C–C–N with tert-alkyl or cyclic N) is 1. The topological polar surface area (TPSA) is 71.0 Å². The van der Waals surface area contributed by atoms with Crippen molar-refractivity contribution in [3.63, 3.8) is 0 Å². The summed E-state index contributed by atoms with van der Waals surface area (Å²) in [7, 11) is 1.60. The molecule has 0 heterocycles. The maximum atomic E-state index is 10.0. The van der Waals surface area contributed by atoms with Gasteiger partial charge in [0.25, 0.3) is 0 Å². The van der Waals surface area contributed by atoms with Crippen molar-refractivity contribution in [2.75, 3.05) is 26.9 Å². The van der Waals surface area contributed by atoms with Gasteiger partial charge in [-0.25, -0.2) is 0 Å². The molecule has 1 unspecified atom stereocenters. The van der Waals surface area contributed by atoms with Crippen molar-refractivity contribution in [3.8, 4) is 11.5 Å². The second kappa shape index (κ2) is 7.64. The van der Waals surface area contributed by atoms with Crippen molar-refractivity contribution >= 4 is 0 Å². The Labute approximate surface area is 125 Å². The molecule has 118 valence electrons. The van der Waals surface area contributed by atoms with Gasteiger partial charge in [-0.2, -0.15) is 0 Å². The van der Waals surface area contributed by atoms with E-state index >= 15 is 0 Å². The summed E-state index contributed by atoms with van der Waals surface area (Å²) in [6.07, 6.45) is 3.58. The molecule has 0 amide bonds. The molecule has 21 heavy (non-hydrogen) atoms. The lowest BCUT2D eigenvalue weighted by molar-refractivity contribution is 0.0849. The van der Waals surface area contributed by atoms with Gasteiger partial charge in [-0.05, 0) is 25.0 Å². The van der Waals surface area contributed by atoms with Crippen molar-refractivity contribution in [2.24, 2.45) is 0 Å². The number of hydrogen-bond donors (Lipinski definition) is 3. The summed E-state index contributed by atoms with van der Waals surface area (Å²) < 4.78 is 10.7. The molecule has 0 saturated heterocycles. The summed E-state index contributed by atoms with van der Waals surface area (Å²) in [6.45, 7) is 0.753. The molecule has 1 saturated carbocycles. The van der Waals surface area contributed by atoms with Gasteiger partial charge in [-0.15, -0.1) is 0 Å². The van der Waals surface area contributed by atoms with Crippen LogP contribution in [0.5, 0.6) is 11.5 Å². The highest BCUT2D eigenvalue weighted by atomic mass is 16.5. The normalized spacial score (nSPS) is 18.4. The molecule has 1 aromatic carbocycles. The van der Waals surface area contributed by atoms with E-state index in [0.717, 1.165) is 31.4 Å². The van der Waals surface area contributed by atoms with Crippen molar-refractivity contribution in [1.29, 1.82) is 0 Å². The molecule has 1 fully saturated rings. The number of ether oxygens (including phenoxy) is 2. The van der Waals surface area contributed by atoms with Crippen molar-refractivity contribution < 1.29 is 19.7 Å². The average molecular weight is 295 g/mol. The van der Waals surface area contributed by atoms with Crippen LogP contribution in [0.15, 0.2) is 24.3 Å². The first-order valence-corrected chi connectivity index (χ1v) is 7.48. The minimum absolute atomic E-state index is 0.121. The van der Waals surface area contributed by atoms with Gasteiger partial charge in [0.2, 0.25) is 0 Å². The minimum atomic E-state index is -0.611. The Kier molecular flexibility index (Phi) is 5.85. The molecule has 1 aliphatic rings. The molecule has 0 bridgehead atoms. The number of nitrogens with one attached hydrogen (secondary N) is 1. The van der Waals surface area contributed by atoms with E-state index in [1.165, 1.54) is 0 Å². The van der Waals surface area contributed by atoms with Crippen LogP contribution in [0.25, 0.3) is 0 Å². The van der Waals surface area contributed by atoms with Crippen molar-refractivity contribution in [3.05, 3.63) is 24.3 Å². The van der Waals surface area contributed by atoms with E-state index in [9.17, 15) is 10.2 Å². The molecular weight excluding hydrogens is 270 g/mol.